The molecule has 0 aliphatic carbocycles. The van der Waals surface area contributed by atoms with Crippen molar-refractivity contribution in [2.24, 2.45) is 0 Å². The van der Waals surface area contributed by atoms with Crippen LogP contribution in [0.25, 0.3) is 111 Å². The summed E-state index contributed by atoms with van der Waals surface area (Å²) in [7, 11) is 0. The van der Waals surface area contributed by atoms with Gasteiger partial charge in [-0.25, -0.2) is 9.97 Å². The van der Waals surface area contributed by atoms with E-state index in [2.05, 4.69) is 237 Å². The number of nitrogens with zero attached hydrogens (tertiary/aromatic N) is 6. The standard InChI is InChI=1S/C56H36N6/c1-3-19-39(20-4-1)61-49-31-13-9-27-45(49)57-55(61)37-17-15-23-41(35-37)59-47-29-11-7-25-43(47)53-51(59)33-34-52-54(53)44-26-8-12-30-48(44)60(52)42-24-16-18-38(36-42)56-58-46-28-10-14-32-50(46)62(56)40-21-5-2-6-22-40/h1-36H. The third kappa shape index (κ3) is 5.10. The zero-order valence-electron chi connectivity index (χ0n) is 33.5. The molecule has 0 radical (unpaired) electrons. The van der Waals surface area contributed by atoms with Gasteiger partial charge >= 0.3 is 0 Å². The zero-order chi connectivity index (χ0) is 40.7. The molecule has 0 unspecified atom stereocenters. The SMILES string of the molecule is c1ccc(-n2c(-c3cccc(-n4c5ccccc5c5c6c7ccccc7n(-c7cccc(-c8nc9ccccc9n8-c8ccccc8)c7)c6ccc54)c3)nc3ccccc32)cc1. The summed E-state index contributed by atoms with van der Waals surface area (Å²) < 4.78 is 9.38. The summed E-state index contributed by atoms with van der Waals surface area (Å²) in [6.45, 7) is 0. The minimum atomic E-state index is 0.909. The molecule has 0 amide bonds. The largest absolute Gasteiger partial charge is 0.309 e. The average Bonchev–Trinajstić information content (AvgIpc) is 4.10. The van der Waals surface area contributed by atoms with Crippen LogP contribution in [0.1, 0.15) is 0 Å². The van der Waals surface area contributed by atoms with Crippen LogP contribution in [0, 0.1) is 0 Å². The molecule has 0 aliphatic heterocycles. The van der Waals surface area contributed by atoms with Crippen molar-refractivity contribution in [2.45, 2.75) is 0 Å². The number of imidazole rings is 2. The molecule has 290 valence electrons. The third-order valence-corrected chi connectivity index (χ3v) is 12.3. The van der Waals surface area contributed by atoms with Crippen molar-refractivity contribution in [3.8, 4) is 45.5 Å². The number of fused-ring (bicyclic) bond motifs is 9. The van der Waals surface area contributed by atoms with Crippen molar-refractivity contribution < 1.29 is 0 Å². The summed E-state index contributed by atoms with van der Waals surface area (Å²) in [6, 6.07) is 77.7. The van der Waals surface area contributed by atoms with Crippen molar-refractivity contribution in [3.63, 3.8) is 0 Å². The molecule has 0 spiro atoms. The van der Waals surface area contributed by atoms with Crippen LogP contribution in [-0.2, 0) is 0 Å². The Morgan fingerprint density at radius 1 is 0.258 bits per heavy atom. The molecule has 0 N–H and O–H groups in total. The van der Waals surface area contributed by atoms with Gasteiger partial charge in [0.05, 0.1) is 44.1 Å². The molecule has 6 heteroatoms. The van der Waals surface area contributed by atoms with Gasteiger partial charge in [0.1, 0.15) is 11.6 Å². The van der Waals surface area contributed by atoms with Crippen LogP contribution < -0.4 is 0 Å². The summed E-state index contributed by atoms with van der Waals surface area (Å²) in [5.41, 5.74) is 15.1. The highest BCUT2D eigenvalue weighted by Gasteiger charge is 2.22. The maximum absolute atomic E-state index is 5.22. The summed E-state index contributed by atoms with van der Waals surface area (Å²) >= 11 is 0. The maximum Gasteiger partial charge on any atom is 0.145 e. The Morgan fingerprint density at radius 2 is 0.629 bits per heavy atom. The zero-order valence-corrected chi connectivity index (χ0v) is 33.5. The molecule has 0 bridgehead atoms. The second-order valence-corrected chi connectivity index (χ2v) is 15.8. The first-order chi connectivity index (χ1) is 30.8. The van der Waals surface area contributed by atoms with E-state index in [1.165, 1.54) is 21.5 Å². The lowest BCUT2D eigenvalue weighted by atomic mass is 10.1. The van der Waals surface area contributed by atoms with E-state index in [4.69, 9.17) is 9.97 Å². The Balaban J connectivity index is 1.02. The second-order valence-electron chi connectivity index (χ2n) is 15.8. The Kier molecular flexibility index (Phi) is 7.50. The molecule has 4 heterocycles. The van der Waals surface area contributed by atoms with Gasteiger partial charge in [0, 0.05) is 55.4 Å². The summed E-state index contributed by atoms with van der Waals surface area (Å²) in [6.07, 6.45) is 0. The highest BCUT2D eigenvalue weighted by atomic mass is 15.1. The molecule has 62 heavy (non-hydrogen) atoms. The molecule has 0 saturated heterocycles. The molecule has 6 nitrogen and oxygen atoms in total. The van der Waals surface area contributed by atoms with E-state index >= 15 is 0 Å². The molecular weight excluding hydrogens is 757 g/mol. The molecule has 0 saturated carbocycles. The average molecular weight is 793 g/mol. The van der Waals surface area contributed by atoms with Gasteiger partial charge in [0.25, 0.3) is 0 Å². The van der Waals surface area contributed by atoms with E-state index in [-0.39, 0.29) is 0 Å². The Morgan fingerprint density at radius 3 is 1.08 bits per heavy atom. The topological polar surface area (TPSA) is 45.5 Å². The van der Waals surface area contributed by atoms with Gasteiger partial charge in [-0.3, -0.25) is 9.13 Å². The van der Waals surface area contributed by atoms with Crippen LogP contribution >= 0.6 is 0 Å². The Labute approximate surface area is 356 Å². The second kappa shape index (κ2) is 13.5. The lowest BCUT2D eigenvalue weighted by molar-refractivity contribution is 1.10. The van der Waals surface area contributed by atoms with Crippen LogP contribution in [0.2, 0.25) is 0 Å². The van der Waals surface area contributed by atoms with Crippen molar-refractivity contribution in [1.29, 1.82) is 0 Å². The van der Waals surface area contributed by atoms with Crippen molar-refractivity contribution >= 4 is 65.7 Å². The predicted octanol–water partition coefficient (Wildman–Crippen LogP) is 13.9. The molecular formula is C56H36N6. The molecule has 0 atom stereocenters. The van der Waals surface area contributed by atoms with Crippen LogP contribution in [0.4, 0.5) is 0 Å². The molecule has 13 aromatic rings. The van der Waals surface area contributed by atoms with Gasteiger partial charge in [-0.2, -0.15) is 0 Å². The van der Waals surface area contributed by atoms with E-state index < -0.39 is 0 Å². The van der Waals surface area contributed by atoms with E-state index in [1.54, 1.807) is 0 Å². The molecule has 0 fully saturated rings. The summed E-state index contributed by atoms with van der Waals surface area (Å²) in [4.78, 5) is 10.4. The number of hydrogen-bond acceptors (Lipinski definition) is 2. The minimum Gasteiger partial charge on any atom is -0.309 e. The van der Waals surface area contributed by atoms with Crippen LogP contribution in [0.15, 0.2) is 218 Å². The van der Waals surface area contributed by atoms with Crippen LogP contribution in [0.3, 0.4) is 0 Å². The van der Waals surface area contributed by atoms with Gasteiger partial charge in [0.15, 0.2) is 0 Å². The van der Waals surface area contributed by atoms with Gasteiger partial charge in [-0.15, -0.1) is 0 Å². The molecule has 9 aromatic carbocycles. The fourth-order valence-electron chi connectivity index (χ4n) is 9.76. The van der Waals surface area contributed by atoms with Gasteiger partial charge in [-0.05, 0) is 97.1 Å². The van der Waals surface area contributed by atoms with Gasteiger partial charge in [-0.1, -0.05) is 121 Å². The quantitative estimate of drug-likeness (QED) is 0.168. The van der Waals surface area contributed by atoms with Crippen LogP contribution in [0.5, 0.6) is 0 Å². The fourth-order valence-corrected chi connectivity index (χ4v) is 9.76. The number of hydrogen-bond donors (Lipinski definition) is 0. The van der Waals surface area contributed by atoms with Crippen molar-refractivity contribution in [1.82, 2.24) is 28.2 Å². The maximum atomic E-state index is 5.22. The third-order valence-electron chi connectivity index (χ3n) is 12.3. The molecule has 13 rings (SSSR count). The minimum absolute atomic E-state index is 0.909. The van der Waals surface area contributed by atoms with Crippen LogP contribution in [-0.4, -0.2) is 28.2 Å². The molecule has 0 aliphatic rings. The number of aromatic nitrogens is 6. The van der Waals surface area contributed by atoms with Gasteiger partial charge < -0.3 is 9.13 Å². The lowest BCUT2D eigenvalue weighted by Gasteiger charge is -2.13. The fraction of sp³-hybridized carbons (Fsp3) is 0. The smallest absolute Gasteiger partial charge is 0.145 e. The first-order valence-electron chi connectivity index (χ1n) is 21.0. The lowest BCUT2D eigenvalue weighted by Crippen LogP contribution is -1.99. The Hall–Kier alpha value is -8.48. The van der Waals surface area contributed by atoms with E-state index in [9.17, 15) is 0 Å². The number of rotatable bonds is 6. The highest BCUT2D eigenvalue weighted by Crippen LogP contribution is 2.43. The highest BCUT2D eigenvalue weighted by molar-refractivity contribution is 6.29. The van der Waals surface area contributed by atoms with E-state index in [0.29, 0.717) is 0 Å². The molecule has 4 aromatic heterocycles. The monoisotopic (exact) mass is 792 g/mol. The predicted molar refractivity (Wildman–Crippen MR) is 255 cm³/mol. The first-order valence-corrected chi connectivity index (χ1v) is 21.0. The summed E-state index contributed by atoms with van der Waals surface area (Å²) in [5.74, 6) is 1.82. The number of benzene rings is 9. The van der Waals surface area contributed by atoms with E-state index in [1.807, 2.05) is 0 Å². The number of para-hydroxylation sites is 8. The van der Waals surface area contributed by atoms with Crippen molar-refractivity contribution in [3.05, 3.63) is 218 Å². The van der Waals surface area contributed by atoms with E-state index in [0.717, 1.165) is 89.7 Å². The van der Waals surface area contributed by atoms with Crippen molar-refractivity contribution in [2.75, 3.05) is 0 Å². The summed E-state index contributed by atoms with van der Waals surface area (Å²) in [5, 5.41) is 4.89. The van der Waals surface area contributed by atoms with Gasteiger partial charge in [0.2, 0.25) is 0 Å². The Bertz CT molecular complexity index is 3610. The first kappa shape index (κ1) is 34.4. The normalized spacial score (nSPS) is 11.9.